The van der Waals surface area contributed by atoms with Gasteiger partial charge in [0.2, 0.25) is 0 Å². The van der Waals surface area contributed by atoms with Crippen LogP contribution in [0.5, 0.6) is 5.75 Å². The number of nitrogens with one attached hydrogen (secondary N) is 1. The first-order chi connectivity index (χ1) is 14.5. The first-order valence-electron chi connectivity index (χ1n) is 10.2. The lowest BCUT2D eigenvalue weighted by Gasteiger charge is -2.31. The largest absolute Gasteiger partial charge is 0.488 e. The van der Waals surface area contributed by atoms with Crippen molar-refractivity contribution in [3.8, 4) is 5.75 Å². The van der Waals surface area contributed by atoms with E-state index in [0.29, 0.717) is 17.9 Å². The summed E-state index contributed by atoms with van der Waals surface area (Å²) in [6.45, 7) is 2.39. The molecule has 2 aromatic carbocycles. The van der Waals surface area contributed by atoms with Gasteiger partial charge in [-0.3, -0.25) is 19.8 Å². The van der Waals surface area contributed by atoms with Crippen molar-refractivity contribution >= 4 is 23.9 Å². The second-order valence-corrected chi connectivity index (χ2v) is 7.75. The van der Waals surface area contributed by atoms with Gasteiger partial charge in [-0.2, -0.15) is 0 Å². The molecular weight excluding hydrogens is 380 g/mol. The van der Waals surface area contributed by atoms with Gasteiger partial charge in [0.25, 0.3) is 11.8 Å². The Morgan fingerprint density at radius 1 is 1.07 bits per heavy atom. The number of amides is 4. The molecule has 1 aliphatic carbocycles. The lowest BCUT2D eigenvalue weighted by molar-refractivity contribution is -0.131. The summed E-state index contributed by atoms with van der Waals surface area (Å²) < 4.78 is 5.97. The van der Waals surface area contributed by atoms with E-state index in [1.807, 2.05) is 43.3 Å². The zero-order valence-corrected chi connectivity index (χ0v) is 16.9. The van der Waals surface area contributed by atoms with Crippen molar-refractivity contribution in [3.05, 3.63) is 70.8 Å². The van der Waals surface area contributed by atoms with Gasteiger partial charge in [0.1, 0.15) is 17.9 Å². The summed E-state index contributed by atoms with van der Waals surface area (Å²) in [7, 11) is 0. The molecule has 0 bridgehead atoms. The van der Waals surface area contributed by atoms with Crippen molar-refractivity contribution < 1.29 is 19.1 Å². The molecule has 1 heterocycles. The molecule has 0 atom stereocenters. The molecule has 1 saturated heterocycles. The van der Waals surface area contributed by atoms with E-state index < -0.39 is 17.8 Å². The van der Waals surface area contributed by atoms with E-state index >= 15 is 0 Å². The van der Waals surface area contributed by atoms with Crippen LogP contribution in [-0.2, 0) is 16.2 Å². The zero-order chi connectivity index (χ0) is 21.1. The normalized spacial score (nSPS) is 18.8. The van der Waals surface area contributed by atoms with Gasteiger partial charge >= 0.3 is 6.03 Å². The summed E-state index contributed by atoms with van der Waals surface area (Å²) in [6, 6.07) is 14.5. The van der Waals surface area contributed by atoms with Crippen molar-refractivity contribution in [2.24, 2.45) is 0 Å². The summed E-state index contributed by atoms with van der Waals surface area (Å²) in [5, 5.41) is 2.31. The number of barbiturate groups is 1. The Morgan fingerprint density at radius 2 is 1.83 bits per heavy atom. The summed E-state index contributed by atoms with van der Waals surface area (Å²) in [4.78, 5) is 38.9. The number of nitrogens with zero attached hydrogens (tertiary/aromatic N) is 1. The maximum absolute atomic E-state index is 13.0. The van der Waals surface area contributed by atoms with Crippen molar-refractivity contribution in [2.75, 3.05) is 0 Å². The van der Waals surface area contributed by atoms with Gasteiger partial charge in [0.05, 0.1) is 0 Å². The molecule has 0 spiro atoms. The molecule has 0 aromatic heterocycles. The highest BCUT2D eigenvalue weighted by atomic mass is 16.5. The third-order valence-electron chi connectivity index (χ3n) is 5.52. The third kappa shape index (κ3) is 4.13. The standard InChI is InChI=1S/C24H24N2O4/c1-16-7-6-8-17(13-16)15-30-21-12-5-2-9-18(21)14-20-22(27)25-24(29)26(23(20)28)19-10-3-4-11-19/h2,5-9,12-14,19H,3-4,10-11,15H2,1H3,(H,25,27,29)/b20-14+. The molecule has 2 aliphatic rings. The average molecular weight is 404 g/mol. The number of ether oxygens (including phenoxy) is 1. The van der Waals surface area contributed by atoms with E-state index in [2.05, 4.69) is 5.32 Å². The van der Waals surface area contributed by atoms with Gasteiger partial charge in [-0.05, 0) is 37.5 Å². The van der Waals surface area contributed by atoms with Gasteiger partial charge in [0, 0.05) is 11.6 Å². The number of rotatable bonds is 5. The number of benzene rings is 2. The van der Waals surface area contributed by atoms with E-state index in [1.54, 1.807) is 12.1 Å². The fourth-order valence-corrected chi connectivity index (χ4v) is 4.01. The quantitative estimate of drug-likeness (QED) is 0.604. The molecule has 4 amide bonds. The molecule has 0 radical (unpaired) electrons. The third-order valence-corrected chi connectivity index (χ3v) is 5.52. The zero-order valence-electron chi connectivity index (χ0n) is 16.9. The Balaban J connectivity index is 1.59. The molecule has 6 nitrogen and oxygen atoms in total. The van der Waals surface area contributed by atoms with Crippen LogP contribution in [0.2, 0.25) is 0 Å². The van der Waals surface area contributed by atoms with Crippen LogP contribution in [0.4, 0.5) is 4.79 Å². The first kappa shape index (κ1) is 19.9. The first-order valence-corrected chi connectivity index (χ1v) is 10.2. The highest BCUT2D eigenvalue weighted by Gasteiger charge is 2.40. The predicted octanol–water partition coefficient (Wildman–Crippen LogP) is 3.98. The minimum Gasteiger partial charge on any atom is -0.488 e. The SMILES string of the molecule is Cc1cccc(COc2ccccc2/C=C2\C(=O)NC(=O)N(C3CCCC3)C2=O)c1. The topological polar surface area (TPSA) is 75.7 Å². The number of carbonyl (C=O) groups is 3. The van der Waals surface area contributed by atoms with Crippen LogP contribution in [0, 0.1) is 6.92 Å². The Labute approximate surface area is 175 Å². The van der Waals surface area contributed by atoms with E-state index in [9.17, 15) is 14.4 Å². The number of carbonyl (C=O) groups excluding carboxylic acids is 3. The molecule has 4 rings (SSSR count). The smallest absolute Gasteiger partial charge is 0.331 e. The van der Waals surface area contributed by atoms with Crippen molar-refractivity contribution in [2.45, 2.75) is 45.3 Å². The molecule has 2 aromatic rings. The fourth-order valence-electron chi connectivity index (χ4n) is 4.01. The average Bonchev–Trinajstić information content (AvgIpc) is 3.24. The predicted molar refractivity (Wildman–Crippen MR) is 113 cm³/mol. The molecular formula is C24H24N2O4. The lowest BCUT2D eigenvalue weighted by atomic mass is 10.0. The minimum absolute atomic E-state index is 0.0481. The highest BCUT2D eigenvalue weighted by Crippen LogP contribution is 2.28. The number of imide groups is 2. The summed E-state index contributed by atoms with van der Waals surface area (Å²) in [5.41, 5.74) is 2.74. The monoisotopic (exact) mass is 404 g/mol. The van der Waals surface area contributed by atoms with Crippen molar-refractivity contribution in [3.63, 3.8) is 0 Å². The maximum Gasteiger partial charge on any atom is 0.331 e. The second kappa shape index (κ2) is 8.53. The molecule has 0 unspecified atom stereocenters. The Bertz CT molecular complexity index is 1020. The number of hydrogen-bond acceptors (Lipinski definition) is 4. The lowest BCUT2D eigenvalue weighted by Crippen LogP contribution is -2.57. The van der Waals surface area contributed by atoms with Gasteiger partial charge in [-0.15, -0.1) is 0 Å². The summed E-state index contributed by atoms with van der Waals surface area (Å²) in [6.07, 6.45) is 5.01. The summed E-state index contributed by atoms with van der Waals surface area (Å²) >= 11 is 0. The Kier molecular flexibility index (Phi) is 5.65. The number of aryl methyl sites for hydroxylation is 1. The Morgan fingerprint density at radius 3 is 2.60 bits per heavy atom. The minimum atomic E-state index is -0.673. The molecule has 1 aliphatic heterocycles. The van der Waals surface area contributed by atoms with E-state index in [1.165, 1.54) is 11.0 Å². The van der Waals surface area contributed by atoms with Crippen LogP contribution in [0.25, 0.3) is 6.08 Å². The van der Waals surface area contributed by atoms with E-state index in [4.69, 9.17) is 4.74 Å². The molecule has 154 valence electrons. The van der Waals surface area contributed by atoms with Crippen LogP contribution in [0.1, 0.15) is 42.4 Å². The van der Waals surface area contributed by atoms with Crippen LogP contribution >= 0.6 is 0 Å². The maximum atomic E-state index is 13.0. The molecule has 1 N–H and O–H groups in total. The number of para-hydroxylation sites is 1. The number of hydrogen-bond donors (Lipinski definition) is 1. The van der Waals surface area contributed by atoms with Crippen molar-refractivity contribution in [1.29, 1.82) is 0 Å². The second-order valence-electron chi connectivity index (χ2n) is 7.75. The molecule has 30 heavy (non-hydrogen) atoms. The van der Waals surface area contributed by atoms with Gasteiger partial charge in [-0.25, -0.2) is 4.79 Å². The Hall–Kier alpha value is -3.41. The van der Waals surface area contributed by atoms with E-state index in [-0.39, 0.29) is 11.6 Å². The van der Waals surface area contributed by atoms with E-state index in [0.717, 1.165) is 36.8 Å². The number of urea groups is 1. The van der Waals surface area contributed by atoms with Gasteiger partial charge in [-0.1, -0.05) is 60.9 Å². The van der Waals surface area contributed by atoms with Crippen LogP contribution < -0.4 is 10.1 Å². The highest BCUT2D eigenvalue weighted by molar-refractivity contribution is 6.31. The van der Waals surface area contributed by atoms with Crippen LogP contribution in [-0.4, -0.2) is 28.8 Å². The molecule has 1 saturated carbocycles. The van der Waals surface area contributed by atoms with Crippen LogP contribution in [0.15, 0.2) is 54.1 Å². The summed E-state index contributed by atoms with van der Waals surface area (Å²) in [5.74, 6) is -0.645. The van der Waals surface area contributed by atoms with Gasteiger partial charge in [0.15, 0.2) is 0 Å². The van der Waals surface area contributed by atoms with Crippen molar-refractivity contribution in [1.82, 2.24) is 10.2 Å². The molecule has 6 heteroatoms. The van der Waals surface area contributed by atoms with Crippen LogP contribution in [0.3, 0.4) is 0 Å². The fraction of sp³-hybridized carbons (Fsp3) is 0.292. The van der Waals surface area contributed by atoms with Gasteiger partial charge < -0.3 is 4.74 Å². The molecule has 2 fully saturated rings.